The third-order valence-electron chi connectivity index (χ3n) is 6.34. The molecule has 3 aliphatic rings. The largest absolute Gasteiger partial charge is 0.322 e. The van der Waals surface area contributed by atoms with Crippen molar-refractivity contribution in [2.45, 2.75) is 70.2 Å². The van der Waals surface area contributed by atoms with Gasteiger partial charge in [-0.25, -0.2) is 0 Å². The van der Waals surface area contributed by atoms with Crippen molar-refractivity contribution in [2.24, 2.45) is 0 Å². The number of rotatable bonds is 4. The molecule has 2 fully saturated rings. The number of piperidine rings is 2. The molecule has 2 unspecified atom stereocenters. The van der Waals surface area contributed by atoms with Gasteiger partial charge in [0.2, 0.25) is 11.8 Å². The summed E-state index contributed by atoms with van der Waals surface area (Å²) in [6, 6.07) is 5.59. The molecule has 0 spiro atoms. The Morgan fingerprint density at radius 2 is 2.04 bits per heavy atom. The summed E-state index contributed by atoms with van der Waals surface area (Å²) in [6.45, 7) is 6.59. The standard InChI is InChI=1S/C21H28N4O3/c1-21(2)17(7-4-10-23-21)22-11-13-5-3-6-14-15(13)12-25(20(14)28)16-8-9-18(26)24-19(16)27/h3,5-6,16-17,22-23H,4,7-12H2,1-2H3,(H,24,26,27). The molecule has 0 aliphatic carbocycles. The summed E-state index contributed by atoms with van der Waals surface area (Å²) < 4.78 is 0. The van der Waals surface area contributed by atoms with Gasteiger partial charge < -0.3 is 15.5 Å². The van der Waals surface area contributed by atoms with Gasteiger partial charge in [-0.15, -0.1) is 0 Å². The minimum absolute atomic E-state index is 0.0325. The van der Waals surface area contributed by atoms with Crippen molar-refractivity contribution < 1.29 is 14.4 Å². The molecule has 0 radical (unpaired) electrons. The smallest absolute Gasteiger partial charge is 0.255 e. The number of nitrogens with one attached hydrogen (secondary N) is 3. The van der Waals surface area contributed by atoms with Crippen molar-refractivity contribution in [3.05, 3.63) is 34.9 Å². The molecule has 3 aliphatic heterocycles. The highest BCUT2D eigenvalue weighted by atomic mass is 16.2. The molecular weight excluding hydrogens is 356 g/mol. The first-order valence-corrected chi connectivity index (χ1v) is 10.1. The summed E-state index contributed by atoms with van der Waals surface area (Å²) in [5.41, 5.74) is 2.79. The Morgan fingerprint density at radius 1 is 1.21 bits per heavy atom. The lowest BCUT2D eigenvalue weighted by Gasteiger charge is -2.40. The lowest BCUT2D eigenvalue weighted by molar-refractivity contribution is -0.136. The number of imide groups is 1. The van der Waals surface area contributed by atoms with E-state index in [4.69, 9.17) is 0 Å². The van der Waals surface area contributed by atoms with E-state index in [0.717, 1.165) is 30.5 Å². The predicted octanol–water partition coefficient (Wildman–Crippen LogP) is 1.07. The molecule has 0 bridgehead atoms. The molecule has 3 heterocycles. The Hall–Kier alpha value is -2.25. The van der Waals surface area contributed by atoms with E-state index in [2.05, 4.69) is 35.9 Å². The van der Waals surface area contributed by atoms with Gasteiger partial charge in [0.1, 0.15) is 6.04 Å². The highest BCUT2D eigenvalue weighted by Crippen LogP contribution is 2.30. The van der Waals surface area contributed by atoms with E-state index in [1.165, 1.54) is 0 Å². The summed E-state index contributed by atoms with van der Waals surface area (Å²) in [5, 5.41) is 9.59. The molecule has 0 aromatic heterocycles. The van der Waals surface area contributed by atoms with Crippen LogP contribution < -0.4 is 16.0 Å². The van der Waals surface area contributed by atoms with Gasteiger partial charge in [0.15, 0.2) is 0 Å². The number of hydrogen-bond acceptors (Lipinski definition) is 5. The van der Waals surface area contributed by atoms with E-state index in [0.29, 0.717) is 31.1 Å². The summed E-state index contributed by atoms with van der Waals surface area (Å²) in [7, 11) is 0. The number of fused-ring (bicyclic) bond motifs is 1. The van der Waals surface area contributed by atoms with Crippen molar-refractivity contribution >= 4 is 17.7 Å². The maximum Gasteiger partial charge on any atom is 0.255 e. The van der Waals surface area contributed by atoms with Crippen LogP contribution >= 0.6 is 0 Å². The van der Waals surface area contributed by atoms with E-state index in [9.17, 15) is 14.4 Å². The average molecular weight is 384 g/mol. The van der Waals surface area contributed by atoms with Gasteiger partial charge in [-0.05, 0) is 56.8 Å². The summed E-state index contributed by atoms with van der Waals surface area (Å²) in [6.07, 6.45) is 2.93. The number of amides is 3. The zero-order valence-corrected chi connectivity index (χ0v) is 16.5. The summed E-state index contributed by atoms with van der Waals surface area (Å²) >= 11 is 0. The lowest BCUT2D eigenvalue weighted by atomic mass is 9.87. The molecule has 4 rings (SSSR count). The summed E-state index contributed by atoms with van der Waals surface area (Å²) in [5.74, 6) is -0.753. The molecule has 7 nitrogen and oxygen atoms in total. The SMILES string of the molecule is CC1(C)NCCCC1NCc1cccc2c1CN(C1CCC(=O)NC1=O)C2=O. The first kappa shape index (κ1) is 19.1. The highest BCUT2D eigenvalue weighted by molar-refractivity contribution is 6.05. The molecule has 28 heavy (non-hydrogen) atoms. The molecule has 0 saturated carbocycles. The zero-order chi connectivity index (χ0) is 19.9. The maximum absolute atomic E-state index is 12.9. The fourth-order valence-electron chi connectivity index (χ4n) is 4.61. The number of carbonyl (C=O) groups excluding carboxylic acids is 3. The van der Waals surface area contributed by atoms with Crippen LogP contribution in [0.5, 0.6) is 0 Å². The molecule has 3 N–H and O–H groups in total. The van der Waals surface area contributed by atoms with Crippen molar-refractivity contribution in [1.29, 1.82) is 0 Å². The van der Waals surface area contributed by atoms with Crippen LogP contribution in [0, 0.1) is 0 Å². The fourth-order valence-corrected chi connectivity index (χ4v) is 4.61. The fraction of sp³-hybridized carbons (Fsp3) is 0.571. The number of benzene rings is 1. The van der Waals surface area contributed by atoms with Crippen LogP contribution in [0.3, 0.4) is 0 Å². The molecule has 2 saturated heterocycles. The molecule has 1 aromatic rings. The van der Waals surface area contributed by atoms with Crippen molar-refractivity contribution in [3.8, 4) is 0 Å². The number of hydrogen-bond donors (Lipinski definition) is 3. The molecule has 1 aromatic carbocycles. The van der Waals surface area contributed by atoms with Crippen LogP contribution in [0.25, 0.3) is 0 Å². The Morgan fingerprint density at radius 3 is 2.79 bits per heavy atom. The third-order valence-corrected chi connectivity index (χ3v) is 6.34. The lowest BCUT2D eigenvalue weighted by Crippen LogP contribution is -2.58. The van der Waals surface area contributed by atoms with Crippen LogP contribution in [0.2, 0.25) is 0 Å². The molecule has 3 amide bonds. The van der Waals surface area contributed by atoms with Gasteiger partial charge in [-0.2, -0.15) is 0 Å². The molecular formula is C21H28N4O3. The monoisotopic (exact) mass is 384 g/mol. The van der Waals surface area contributed by atoms with Gasteiger partial charge in [-0.3, -0.25) is 19.7 Å². The van der Waals surface area contributed by atoms with Gasteiger partial charge >= 0.3 is 0 Å². The second-order valence-electron chi connectivity index (χ2n) is 8.57. The van der Waals surface area contributed by atoms with Crippen molar-refractivity contribution in [3.63, 3.8) is 0 Å². The van der Waals surface area contributed by atoms with Gasteiger partial charge in [0, 0.05) is 36.7 Å². The first-order chi connectivity index (χ1) is 13.4. The highest BCUT2D eigenvalue weighted by Gasteiger charge is 2.40. The number of carbonyl (C=O) groups is 3. The van der Waals surface area contributed by atoms with Gasteiger partial charge in [0.25, 0.3) is 5.91 Å². The van der Waals surface area contributed by atoms with Crippen LogP contribution in [-0.4, -0.2) is 46.8 Å². The zero-order valence-electron chi connectivity index (χ0n) is 16.5. The third kappa shape index (κ3) is 3.44. The Bertz CT molecular complexity index is 820. The van der Waals surface area contributed by atoms with Crippen LogP contribution in [0.15, 0.2) is 18.2 Å². The first-order valence-electron chi connectivity index (χ1n) is 10.1. The van der Waals surface area contributed by atoms with Crippen molar-refractivity contribution in [1.82, 2.24) is 20.9 Å². The minimum atomic E-state index is -0.570. The van der Waals surface area contributed by atoms with E-state index in [-0.39, 0.29) is 29.7 Å². The number of nitrogens with zero attached hydrogens (tertiary/aromatic N) is 1. The minimum Gasteiger partial charge on any atom is -0.322 e. The van der Waals surface area contributed by atoms with Crippen LogP contribution in [0.4, 0.5) is 0 Å². The maximum atomic E-state index is 12.9. The van der Waals surface area contributed by atoms with Gasteiger partial charge in [-0.1, -0.05) is 12.1 Å². The quantitative estimate of drug-likeness (QED) is 0.676. The average Bonchev–Trinajstić information content (AvgIpc) is 2.98. The van der Waals surface area contributed by atoms with Gasteiger partial charge in [0.05, 0.1) is 0 Å². The van der Waals surface area contributed by atoms with E-state index in [1.54, 1.807) is 4.90 Å². The van der Waals surface area contributed by atoms with Crippen molar-refractivity contribution in [2.75, 3.05) is 6.54 Å². The molecule has 7 heteroatoms. The Balaban J connectivity index is 1.50. The van der Waals surface area contributed by atoms with E-state index >= 15 is 0 Å². The van der Waals surface area contributed by atoms with Crippen LogP contribution in [-0.2, 0) is 22.7 Å². The van der Waals surface area contributed by atoms with Crippen LogP contribution in [0.1, 0.15) is 61.0 Å². The predicted molar refractivity (Wildman–Crippen MR) is 104 cm³/mol. The normalized spacial score (nSPS) is 26.9. The Labute approximate surface area is 165 Å². The van der Waals surface area contributed by atoms with E-state index in [1.807, 2.05) is 12.1 Å². The summed E-state index contributed by atoms with van der Waals surface area (Å²) in [4.78, 5) is 38.2. The Kier molecular flexibility index (Phi) is 4.97. The molecule has 150 valence electrons. The molecule has 2 atom stereocenters. The second-order valence-corrected chi connectivity index (χ2v) is 8.57. The van der Waals surface area contributed by atoms with E-state index < -0.39 is 6.04 Å². The topological polar surface area (TPSA) is 90.5 Å². The second kappa shape index (κ2) is 7.29.